The summed E-state index contributed by atoms with van der Waals surface area (Å²) in [5, 5.41) is 13.1. The molecule has 0 heterocycles. The van der Waals surface area contributed by atoms with Crippen molar-refractivity contribution < 1.29 is 5.11 Å². The van der Waals surface area contributed by atoms with E-state index in [1.54, 1.807) is 0 Å². The molecule has 120 valence electrons. The summed E-state index contributed by atoms with van der Waals surface area (Å²) in [6, 6.07) is 1.24. The van der Waals surface area contributed by atoms with Gasteiger partial charge in [-0.1, -0.05) is 40.0 Å². The Labute approximate surface area is 126 Å². The average Bonchev–Trinajstić information content (AvgIpc) is 2.44. The second-order valence-corrected chi connectivity index (χ2v) is 7.04. The molecule has 20 heavy (non-hydrogen) atoms. The zero-order valence-electron chi connectivity index (χ0n) is 14.1. The summed E-state index contributed by atoms with van der Waals surface area (Å²) in [6.45, 7) is 11.3. The van der Waals surface area contributed by atoms with Crippen LogP contribution in [-0.4, -0.2) is 47.3 Å². The number of nitrogens with one attached hydrogen (secondary N) is 1. The van der Waals surface area contributed by atoms with Gasteiger partial charge in [0, 0.05) is 17.6 Å². The van der Waals surface area contributed by atoms with E-state index in [4.69, 9.17) is 0 Å². The lowest BCUT2D eigenvalue weighted by molar-refractivity contribution is 0.131. The van der Waals surface area contributed by atoms with Gasteiger partial charge in [0.15, 0.2) is 0 Å². The maximum absolute atomic E-state index is 9.63. The lowest BCUT2D eigenvalue weighted by Crippen LogP contribution is -2.49. The molecule has 0 aromatic heterocycles. The Kier molecular flexibility index (Phi) is 8.08. The molecular formula is C17H36N2O. The third-order valence-electron chi connectivity index (χ3n) is 4.66. The van der Waals surface area contributed by atoms with Gasteiger partial charge in [-0.15, -0.1) is 0 Å². The fraction of sp³-hybridized carbons (Fsp3) is 1.00. The van der Waals surface area contributed by atoms with E-state index in [2.05, 4.69) is 37.9 Å². The third kappa shape index (κ3) is 6.11. The highest BCUT2D eigenvalue weighted by atomic mass is 16.3. The van der Waals surface area contributed by atoms with Crippen LogP contribution in [-0.2, 0) is 0 Å². The Morgan fingerprint density at radius 3 is 2.40 bits per heavy atom. The van der Waals surface area contributed by atoms with Crippen LogP contribution >= 0.6 is 0 Å². The zero-order chi connectivity index (χ0) is 15.0. The molecule has 1 aliphatic carbocycles. The summed E-state index contributed by atoms with van der Waals surface area (Å²) in [7, 11) is 0. The van der Waals surface area contributed by atoms with Crippen molar-refractivity contribution >= 4 is 0 Å². The summed E-state index contributed by atoms with van der Waals surface area (Å²) in [4.78, 5) is 2.66. The molecular weight excluding hydrogens is 248 g/mol. The fourth-order valence-corrected chi connectivity index (χ4v) is 3.61. The molecule has 0 bridgehead atoms. The van der Waals surface area contributed by atoms with Crippen molar-refractivity contribution in [3.63, 3.8) is 0 Å². The molecule has 1 atom stereocenters. The number of hydrogen-bond acceptors (Lipinski definition) is 3. The zero-order valence-corrected chi connectivity index (χ0v) is 14.1. The van der Waals surface area contributed by atoms with E-state index >= 15 is 0 Å². The fourth-order valence-electron chi connectivity index (χ4n) is 3.61. The summed E-state index contributed by atoms with van der Waals surface area (Å²) in [5.41, 5.74) is -0.125. The lowest BCUT2D eigenvalue weighted by Gasteiger charge is -2.35. The van der Waals surface area contributed by atoms with Crippen LogP contribution in [0, 0.1) is 0 Å². The smallest absolute Gasteiger partial charge is 0.0610 e. The van der Waals surface area contributed by atoms with Gasteiger partial charge in [0.05, 0.1) is 6.61 Å². The maximum Gasteiger partial charge on any atom is 0.0610 e. The highest BCUT2D eigenvalue weighted by Gasteiger charge is 2.25. The molecule has 3 heteroatoms. The number of aliphatic hydroxyl groups excluding tert-OH is 1. The molecule has 1 unspecified atom stereocenters. The number of rotatable bonds is 9. The van der Waals surface area contributed by atoms with E-state index in [0.717, 1.165) is 19.0 Å². The van der Waals surface area contributed by atoms with Crippen LogP contribution in [0.1, 0.15) is 72.6 Å². The van der Waals surface area contributed by atoms with Crippen LogP contribution in [0.3, 0.4) is 0 Å². The summed E-state index contributed by atoms with van der Waals surface area (Å²) in [6.07, 6.45) is 9.22. The Hall–Kier alpha value is -0.120. The molecule has 0 amide bonds. The highest BCUT2D eigenvalue weighted by Crippen LogP contribution is 2.23. The second-order valence-electron chi connectivity index (χ2n) is 7.04. The highest BCUT2D eigenvalue weighted by molar-refractivity contribution is 4.84. The van der Waals surface area contributed by atoms with Crippen molar-refractivity contribution in [2.45, 2.75) is 90.3 Å². The van der Waals surface area contributed by atoms with Gasteiger partial charge in [0.25, 0.3) is 0 Å². The van der Waals surface area contributed by atoms with E-state index in [9.17, 15) is 5.11 Å². The van der Waals surface area contributed by atoms with Gasteiger partial charge >= 0.3 is 0 Å². The van der Waals surface area contributed by atoms with Crippen molar-refractivity contribution in [3.05, 3.63) is 0 Å². The molecule has 1 fully saturated rings. The van der Waals surface area contributed by atoms with Crippen molar-refractivity contribution in [3.8, 4) is 0 Å². The molecule has 0 aromatic carbocycles. The van der Waals surface area contributed by atoms with Gasteiger partial charge in [0.2, 0.25) is 0 Å². The van der Waals surface area contributed by atoms with Crippen molar-refractivity contribution in [2.75, 3.05) is 19.7 Å². The number of aliphatic hydroxyl groups is 1. The molecule has 1 saturated carbocycles. The van der Waals surface area contributed by atoms with Gasteiger partial charge < -0.3 is 15.3 Å². The van der Waals surface area contributed by atoms with Crippen molar-refractivity contribution in [2.24, 2.45) is 0 Å². The SMILES string of the molecule is CCN(CCCC(C)(CO)NC(C)C)C1CCCCC1. The van der Waals surface area contributed by atoms with Gasteiger partial charge in [0.1, 0.15) is 0 Å². The van der Waals surface area contributed by atoms with Crippen LogP contribution in [0.5, 0.6) is 0 Å². The predicted octanol–water partition coefficient (Wildman–Crippen LogP) is 3.17. The monoisotopic (exact) mass is 284 g/mol. The van der Waals surface area contributed by atoms with Crippen molar-refractivity contribution in [1.82, 2.24) is 10.2 Å². The van der Waals surface area contributed by atoms with Gasteiger partial charge in [-0.25, -0.2) is 0 Å². The van der Waals surface area contributed by atoms with Gasteiger partial charge in [-0.05, 0) is 45.7 Å². The van der Waals surface area contributed by atoms with E-state index in [-0.39, 0.29) is 12.1 Å². The van der Waals surface area contributed by atoms with E-state index < -0.39 is 0 Å². The predicted molar refractivity (Wildman–Crippen MR) is 87.1 cm³/mol. The normalized spacial score (nSPS) is 20.6. The molecule has 2 N–H and O–H groups in total. The Morgan fingerprint density at radius 1 is 1.25 bits per heavy atom. The van der Waals surface area contributed by atoms with E-state index in [1.807, 2.05) is 0 Å². The summed E-state index contributed by atoms with van der Waals surface area (Å²) in [5.74, 6) is 0. The standard InChI is InChI=1S/C17H36N2O/c1-5-19(16-10-7-6-8-11-16)13-9-12-17(4,14-20)18-15(2)3/h15-16,18,20H,5-14H2,1-4H3. The molecule has 0 aliphatic heterocycles. The van der Waals surface area contributed by atoms with Crippen LogP contribution in [0.4, 0.5) is 0 Å². The van der Waals surface area contributed by atoms with Crippen LogP contribution in [0.2, 0.25) is 0 Å². The molecule has 0 saturated heterocycles. The first kappa shape index (κ1) is 17.9. The second kappa shape index (κ2) is 9.01. The molecule has 0 radical (unpaired) electrons. The average molecular weight is 284 g/mol. The third-order valence-corrected chi connectivity index (χ3v) is 4.66. The molecule has 0 spiro atoms. The molecule has 0 aromatic rings. The number of nitrogens with zero attached hydrogens (tertiary/aromatic N) is 1. The first-order chi connectivity index (χ1) is 9.50. The van der Waals surface area contributed by atoms with E-state index in [0.29, 0.717) is 6.04 Å². The Morgan fingerprint density at radius 2 is 1.90 bits per heavy atom. The van der Waals surface area contributed by atoms with Crippen LogP contribution < -0.4 is 5.32 Å². The summed E-state index contributed by atoms with van der Waals surface area (Å²) < 4.78 is 0. The Balaban J connectivity index is 2.35. The van der Waals surface area contributed by atoms with Crippen LogP contribution in [0.15, 0.2) is 0 Å². The van der Waals surface area contributed by atoms with Gasteiger partial charge in [-0.2, -0.15) is 0 Å². The first-order valence-electron chi connectivity index (χ1n) is 8.63. The quantitative estimate of drug-likeness (QED) is 0.682. The lowest BCUT2D eigenvalue weighted by atomic mass is 9.92. The minimum absolute atomic E-state index is 0.125. The molecule has 1 aliphatic rings. The van der Waals surface area contributed by atoms with Crippen LogP contribution in [0.25, 0.3) is 0 Å². The number of hydrogen-bond donors (Lipinski definition) is 2. The maximum atomic E-state index is 9.63. The Bertz CT molecular complexity index is 251. The topological polar surface area (TPSA) is 35.5 Å². The summed E-state index contributed by atoms with van der Waals surface area (Å²) >= 11 is 0. The minimum atomic E-state index is -0.125. The van der Waals surface area contributed by atoms with Crippen molar-refractivity contribution in [1.29, 1.82) is 0 Å². The molecule has 1 rings (SSSR count). The minimum Gasteiger partial charge on any atom is -0.394 e. The van der Waals surface area contributed by atoms with Gasteiger partial charge in [-0.3, -0.25) is 0 Å². The largest absolute Gasteiger partial charge is 0.394 e. The van der Waals surface area contributed by atoms with E-state index in [1.165, 1.54) is 45.1 Å². The molecule has 3 nitrogen and oxygen atoms in total. The first-order valence-corrected chi connectivity index (χ1v) is 8.63.